The van der Waals surface area contributed by atoms with Gasteiger partial charge >= 0.3 is 0 Å². The number of hydrogen-bond acceptors (Lipinski definition) is 2. The van der Waals surface area contributed by atoms with E-state index in [-0.39, 0.29) is 11.9 Å². The minimum atomic E-state index is 0.0373. The van der Waals surface area contributed by atoms with Gasteiger partial charge in [-0.05, 0) is 45.4 Å². The largest absolute Gasteiger partial charge is 0.385 e. The fraction of sp³-hybridized carbons (Fsp3) is 0.533. The average molecular weight is 283 g/mol. The van der Waals surface area contributed by atoms with Crippen LogP contribution in [0.15, 0.2) is 18.2 Å². The number of nitrogens with one attached hydrogen (secondary N) is 1. The van der Waals surface area contributed by atoms with Gasteiger partial charge in [0.05, 0.1) is 5.56 Å². The van der Waals surface area contributed by atoms with Crippen molar-refractivity contribution < 1.29 is 4.79 Å². The third kappa shape index (κ3) is 3.87. The van der Waals surface area contributed by atoms with Crippen LogP contribution in [0.2, 0.25) is 5.02 Å². The van der Waals surface area contributed by atoms with Crippen LogP contribution in [0.25, 0.3) is 0 Å². The molecule has 0 aliphatic rings. The summed E-state index contributed by atoms with van der Waals surface area (Å²) in [7, 11) is 0. The molecule has 0 heterocycles. The first-order valence-corrected chi connectivity index (χ1v) is 7.27. The lowest BCUT2D eigenvalue weighted by Gasteiger charge is -2.28. The van der Waals surface area contributed by atoms with E-state index in [1.54, 1.807) is 12.1 Å². The van der Waals surface area contributed by atoms with Crippen molar-refractivity contribution >= 4 is 23.2 Å². The van der Waals surface area contributed by atoms with E-state index in [1.165, 1.54) is 0 Å². The second-order valence-electron chi connectivity index (χ2n) is 4.57. The van der Waals surface area contributed by atoms with Crippen molar-refractivity contribution in [3.05, 3.63) is 28.8 Å². The van der Waals surface area contributed by atoms with E-state index in [0.29, 0.717) is 17.1 Å². The molecule has 0 saturated heterocycles. The fourth-order valence-electron chi connectivity index (χ4n) is 2.07. The van der Waals surface area contributed by atoms with Gasteiger partial charge in [0, 0.05) is 29.8 Å². The van der Waals surface area contributed by atoms with E-state index < -0.39 is 0 Å². The second kappa shape index (κ2) is 7.39. The molecule has 1 atom stereocenters. The minimum absolute atomic E-state index is 0.0373. The third-order valence-electron chi connectivity index (χ3n) is 3.30. The summed E-state index contributed by atoms with van der Waals surface area (Å²) in [4.78, 5) is 14.5. The summed E-state index contributed by atoms with van der Waals surface area (Å²) in [5, 5.41) is 3.80. The predicted octanol–water partition coefficient (Wildman–Crippen LogP) is 4.03. The molecule has 0 aromatic heterocycles. The number of halogens is 1. The number of rotatable bonds is 6. The van der Waals surface area contributed by atoms with Gasteiger partial charge in [-0.3, -0.25) is 4.79 Å². The molecule has 1 unspecified atom stereocenters. The lowest BCUT2D eigenvalue weighted by Crippen LogP contribution is -2.38. The molecule has 3 nitrogen and oxygen atoms in total. The van der Waals surface area contributed by atoms with Gasteiger partial charge in [0.2, 0.25) is 0 Å². The van der Waals surface area contributed by atoms with Crippen LogP contribution < -0.4 is 5.32 Å². The number of nitrogens with zero attached hydrogens (tertiary/aromatic N) is 1. The van der Waals surface area contributed by atoms with Crippen LogP contribution in [0.3, 0.4) is 0 Å². The number of benzene rings is 1. The number of hydrogen-bond donors (Lipinski definition) is 1. The fourth-order valence-corrected chi connectivity index (χ4v) is 2.24. The first kappa shape index (κ1) is 15.8. The standard InChI is InChI=1S/C15H23ClN2O/c1-5-11(4)18(7-3)15(19)13-10-12(16)8-9-14(13)17-6-2/h8-11,17H,5-7H2,1-4H3. The Morgan fingerprint density at radius 2 is 2.05 bits per heavy atom. The van der Waals surface area contributed by atoms with Gasteiger partial charge in [0.25, 0.3) is 5.91 Å². The molecular weight excluding hydrogens is 260 g/mol. The summed E-state index contributed by atoms with van der Waals surface area (Å²) < 4.78 is 0. The molecule has 19 heavy (non-hydrogen) atoms. The molecule has 4 heteroatoms. The van der Waals surface area contributed by atoms with E-state index in [9.17, 15) is 4.79 Å². The molecule has 1 rings (SSSR count). The van der Waals surface area contributed by atoms with E-state index in [4.69, 9.17) is 11.6 Å². The van der Waals surface area contributed by atoms with Gasteiger partial charge in [-0.15, -0.1) is 0 Å². The maximum Gasteiger partial charge on any atom is 0.256 e. The van der Waals surface area contributed by atoms with Crippen molar-refractivity contribution in [3.63, 3.8) is 0 Å². The number of anilines is 1. The number of carbonyl (C=O) groups is 1. The van der Waals surface area contributed by atoms with E-state index >= 15 is 0 Å². The van der Waals surface area contributed by atoms with Gasteiger partial charge in [-0.25, -0.2) is 0 Å². The van der Waals surface area contributed by atoms with E-state index in [1.807, 2.05) is 24.8 Å². The topological polar surface area (TPSA) is 32.3 Å². The van der Waals surface area contributed by atoms with Crippen LogP contribution in [0.1, 0.15) is 44.5 Å². The van der Waals surface area contributed by atoms with Gasteiger partial charge in [-0.1, -0.05) is 18.5 Å². The molecule has 0 fully saturated rings. The summed E-state index contributed by atoms with van der Waals surface area (Å²) in [5.41, 5.74) is 1.50. The third-order valence-corrected chi connectivity index (χ3v) is 3.54. The SMILES string of the molecule is CCNc1ccc(Cl)cc1C(=O)N(CC)C(C)CC. The number of amides is 1. The maximum atomic E-state index is 12.7. The molecule has 0 radical (unpaired) electrons. The first-order valence-electron chi connectivity index (χ1n) is 6.89. The van der Waals surface area contributed by atoms with Crippen LogP contribution in [0.5, 0.6) is 0 Å². The zero-order chi connectivity index (χ0) is 14.4. The molecular formula is C15H23ClN2O. The van der Waals surface area contributed by atoms with Crippen molar-refractivity contribution in [2.45, 2.75) is 40.2 Å². The summed E-state index contributed by atoms with van der Waals surface area (Å²) in [5.74, 6) is 0.0373. The Balaban J connectivity index is 3.12. The Morgan fingerprint density at radius 1 is 1.37 bits per heavy atom. The van der Waals surface area contributed by atoms with Gasteiger partial charge < -0.3 is 10.2 Å². The quantitative estimate of drug-likeness (QED) is 0.854. The molecule has 0 bridgehead atoms. The van der Waals surface area contributed by atoms with Gasteiger partial charge in [0.1, 0.15) is 0 Å². The average Bonchev–Trinajstić information content (AvgIpc) is 2.41. The minimum Gasteiger partial charge on any atom is -0.385 e. The zero-order valence-electron chi connectivity index (χ0n) is 12.2. The lowest BCUT2D eigenvalue weighted by atomic mass is 10.1. The summed E-state index contributed by atoms with van der Waals surface area (Å²) in [6, 6.07) is 5.64. The molecule has 1 amide bonds. The summed E-state index contributed by atoms with van der Waals surface area (Å²) >= 11 is 6.02. The molecule has 1 aromatic rings. The van der Waals surface area contributed by atoms with Gasteiger partial charge in [-0.2, -0.15) is 0 Å². The monoisotopic (exact) mass is 282 g/mol. The van der Waals surface area contributed by atoms with E-state index in [0.717, 1.165) is 18.7 Å². The van der Waals surface area contributed by atoms with Gasteiger partial charge in [0.15, 0.2) is 0 Å². The smallest absolute Gasteiger partial charge is 0.256 e. The Labute approximate surface area is 120 Å². The predicted molar refractivity (Wildman–Crippen MR) is 82.1 cm³/mol. The Bertz CT molecular complexity index is 434. The van der Waals surface area contributed by atoms with Crippen LogP contribution in [0.4, 0.5) is 5.69 Å². The lowest BCUT2D eigenvalue weighted by molar-refractivity contribution is 0.0701. The summed E-state index contributed by atoms with van der Waals surface area (Å²) in [6.45, 7) is 9.64. The van der Waals surface area contributed by atoms with Crippen LogP contribution in [0, 0.1) is 0 Å². The molecule has 0 spiro atoms. The molecule has 0 saturated carbocycles. The highest BCUT2D eigenvalue weighted by atomic mass is 35.5. The van der Waals surface area contributed by atoms with Crippen molar-refractivity contribution in [1.82, 2.24) is 4.90 Å². The Kier molecular flexibility index (Phi) is 6.16. The first-order chi connectivity index (χ1) is 9.04. The maximum absolute atomic E-state index is 12.7. The molecule has 0 aliphatic heterocycles. The number of carbonyl (C=O) groups excluding carboxylic acids is 1. The Morgan fingerprint density at radius 3 is 2.58 bits per heavy atom. The summed E-state index contributed by atoms with van der Waals surface area (Å²) in [6.07, 6.45) is 0.941. The highest BCUT2D eigenvalue weighted by Crippen LogP contribution is 2.23. The second-order valence-corrected chi connectivity index (χ2v) is 5.01. The van der Waals surface area contributed by atoms with E-state index in [2.05, 4.69) is 19.2 Å². The van der Waals surface area contributed by atoms with Crippen LogP contribution in [-0.2, 0) is 0 Å². The molecule has 1 N–H and O–H groups in total. The Hall–Kier alpha value is -1.22. The van der Waals surface area contributed by atoms with Crippen molar-refractivity contribution in [2.75, 3.05) is 18.4 Å². The molecule has 0 aliphatic carbocycles. The highest BCUT2D eigenvalue weighted by Gasteiger charge is 2.21. The van der Waals surface area contributed by atoms with Crippen molar-refractivity contribution in [3.8, 4) is 0 Å². The van der Waals surface area contributed by atoms with Crippen LogP contribution in [-0.4, -0.2) is 29.9 Å². The highest BCUT2D eigenvalue weighted by molar-refractivity contribution is 6.31. The zero-order valence-corrected chi connectivity index (χ0v) is 12.9. The molecule has 1 aromatic carbocycles. The normalized spacial score (nSPS) is 12.1. The van der Waals surface area contributed by atoms with Crippen molar-refractivity contribution in [2.24, 2.45) is 0 Å². The van der Waals surface area contributed by atoms with Crippen molar-refractivity contribution in [1.29, 1.82) is 0 Å². The van der Waals surface area contributed by atoms with Crippen LogP contribution >= 0.6 is 11.6 Å². The molecule has 106 valence electrons.